The molecule has 1 aromatic heterocycles. The Kier molecular flexibility index (Phi) is 3.90. The Balaban J connectivity index is 1.69. The lowest BCUT2D eigenvalue weighted by Gasteiger charge is -2.29. The smallest absolute Gasteiger partial charge is 0.272 e. The summed E-state index contributed by atoms with van der Waals surface area (Å²) in [6, 6.07) is 3.95. The van der Waals surface area contributed by atoms with E-state index >= 15 is 0 Å². The first-order valence-corrected chi connectivity index (χ1v) is 7.76. The molecule has 0 radical (unpaired) electrons. The van der Waals surface area contributed by atoms with Crippen LogP contribution in [0.25, 0.3) is 0 Å². The molecule has 2 fully saturated rings. The molecule has 0 saturated heterocycles. The molecule has 1 heterocycles. The van der Waals surface area contributed by atoms with E-state index in [4.69, 9.17) is 5.73 Å². The highest BCUT2D eigenvalue weighted by Crippen LogP contribution is 2.32. The average molecular weight is 273 g/mol. The van der Waals surface area contributed by atoms with Crippen molar-refractivity contribution in [3.05, 3.63) is 24.0 Å². The van der Waals surface area contributed by atoms with Gasteiger partial charge in [0.25, 0.3) is 5.91 Å². The molecule has 20 heavy (non-hydrogen) atoms. The van der Waals surface area contributed by atoms with Gasteiger partial charge in [0.1, 0.15) is 5.69 Å². The summed E-state index contributed by atoms with van der Waals surface area (Å²) in [4.78, 5) is 18.9. The zero-order valence-corrected chi connectivity index (χ0v) is 11.9. The van der Waals surface area contributed by atoms with E-state index in [0.717, 1.165) is 19.4 Å². The third-order valence-electron chi connectivity index (χ3n) is 4.43. The van der Waals surface area contributed by atoms with Crippen molar-refractivity contribution in [2.75, 3.05) is 12.3 Å². The fraction of sp³-hybridized carbons (Fsp3) is 0.625. The molecule has 0 bridgehead atoms. The van der Waals surface area contributed by atoms with Crippen molar-refractivity contribution < 1.29 is 4.79 Å². The molecule has 3 rings (SSSR count). The van der Waals surface area contributed by atoms with Crippen LogP contribution in [0.2, 0.25) is 0 Å². The van der Waals surface area contributed by atoms with Crippen molar-refractivity contribution in [2.45, 2.75) is 51.0 Å². The number of anilines is 1. The quantitative estimate of drug-likeness (QED) is 0.917. The van der Waals surface area contributed by atoms with Crippen LogP contribution in [0.1, 0.15) is 55.4 Å². The minimum absolute atomic E-state index is 0.0815. The SMILES string of the molecule is Nc1ccc(C(=O)N(CC2CCCCC2)C2CC2)nc1. The number of rotatable bonds is 4. The summed E-state index contributed by atoms with van der Waals surface area (Å²) in [5.74, 6) is 0.764. The van der Waals surface area contributed by atoms with Gasteiger partial charge in [0.15, 0.2) is 0 Å². The molecular formula is C16H23N3O. The van der Waals surface area contributed by atoms with Crippen LogP contribution in [0.3, 0.4) is 0 Å². The van der Waals surface area contributed by atoms with E-state index in [-0.39, 0.29) is 5.91 Å². The summed E-state index contributed by atoms with van der Waals surface area (Å²) in [7, 11) is 0. The number of hydrogen-bond donors (Lipinski definition) is 1. The Bertz CT molecular complexity index is 461. The summed E-state index contributed by atoms with van der Waals surface area (Å²) in [5.41, 5.74) is 6.77. The third-order valence-corrected chi connectivity index (χ3v) is 4.43. The standard InChI is InChI=1S/C16H23N3O/c17-13-6-9-15(18-10-13)16(20)19(14-7-8-14)11-12-4-2-1-3-5-12/h6,9-10,12,14H,1-5,7-8,11,17H2. The van der Waals surface area contributed by atoms with E-state index in [9.17, 15) is 4.79 Å². The molecule has 2 aliphatic rings. The lowest BCUT2D eigenvalue weighted by Crippen LogP contribution is -2.38. The highest BCUT2D eigenvalue weighted by molar-refractivity contribution is 5.92. The fourth-order valence-corrected chi connectivity index (χ4v) is 3.11. The van der Waals surface area contributed by atoms with Crippen LogP contribution in [0, 0.1) is 5.92 Å². The Morgan fingerprint density at radius 1 is 1.20 bits per heavy atom. The zero-order chi connectivity index (χ0) is 13.9. The molecule has 108 valence electrons. The van der Waals surface area contributed by atoms with E-state index in [1.54, 1.807) is 18.3 Å². The molecule has 0 atom stereocenters. The number of hydrogen-bond acceptors (Lipinski definition) is 3. The second-order valence-electron chi connectivity index (χ2n) is 6.17. The van der Waals surface area contributed by atoms with Gasteiger partial charge < -0.3 is 10.6 Å². The zero-order valence-electron chi connectivity index (χ0n) is 11.9. The fourth-order valence-electron chi connectivity index (χ4n) is 3.11. The van der Waals surface area contributed by atoms with E-state index in [2.05, 4.69) is 9.88 Å². The highest BCUT2D eigenvalue weighted by Gasteiger charge is 2.35. The molecule has 0 unspecified atom stereocenters. The molecule has 2 N–H and O–H groups in total. The van der Waals surface area contributed by atoms with Crippen LogP contribution < -0.4 is 5.73 Å². The van der Waals surface area contributed by atoms with Crippen LogP contribution in [0.4, 0.5) is 5.69 Å². The molecule has 2 saturated carbocycles. The lowest BCUT2D eigenvalue weighted by atomic mass is 9.89. The largest absolute Gasteiger partial charge is 0.397 e. The first-order chi connectivity index (χ1) is 9.74. The van der Waals surface area contributed by atoms with Crippen molar-refractivity contribution in [2.24, 2.45) is 5.92 Å². The number of nitrogens with two attached hydrogens (primary N) is 1. The van der Waals surface area contributed by atoms with Gasteiger partial charge in [-0.3, -0.25) is 4.79 Å². The van der Waals surface area contributed by atoms with Crippen LogP contribution in [0.15, 0.2) is 18.3 Å². The normalized spacial score (nSPS) is 19.8. The maximum absolute atomic E-state index is 12.6. The average Bonchev–Trinajstić information content (AvgIpc) is 3.30. The van der Waals surface area contributed by atoms with Crippen LogP contribution >= 0.6 is 0 Å². The maximum atomic E-state index is 12.6. The number of aromatic nitrogens is 1. The Hall–Kier alpha value is -1.58. The second-order valence-corrected chi connectivity index (χ2v) is 6.17. The Morgan fingerprint density at radius 3 is 2.55 bits per heavy atom. The summed E-state index contributed by atoms with van der Waals surface area (Å²) in [6.45, 7) is 0.912. The Labute approximate surface area is 120 Å². The lowest BCUT2D eigenvalue weighted by molar-refractivity contribution is 0.0693. The highest BCUT2D eigenvalue weighted by atomic mass is 16.2. The topological polar surface area (TPSA) is 59.2 Å². The molecule has 2 aliphatic carbocycles. The van der Waals surface area contributed by atoms with Gasteiger partial charge in [-0.25, -0.2) is 4.98 Å². The number of carbonyl (C=O) groups excluding carboxylic acids is 1. The molecule has 1 aromatic rings. The van der Waals surface area contributed by atoms with Gasteiger partial charge >= 0.3 is 0 Å². The number of pyridine rings is 1. The van der Waals surface area contributed by atoms with Gasteiger partial charge in [-0.1, -0.05) is 19.3 Å². The molecule has 0 aromatic carbocycles. The van der Waals surface area contributed by atoms with E-state index in [0.29, 0.717) is 23.3 Å². The summed E-state index contributed by atoms with van der Waals surface area (Å²) in [6.07, 6.45) is 10.4. The second kappa shape index (κ2) is 5.81. The van der Waals surface area contributed by atoms with Crippen molar-refractivity contribution >= 4 is 11.6 Å². The predicted molar refractivity (Wildman–Crippen MR) is 79.3 cm³/mol. The van der Waals surface area contributed by atoms with Crippen molar-refractivity contribution in [3.8, 4) is 0 Å². The predicted octanol–water partition coefficient (Wildman–Crippen LogP) is 2.85. The van der Waals surface area contributed by atoms with Crippen LogP contribution in [-0.4, -0.2) is 28.4 Å². The minimum atomic E-state index is 0.0815. The molecule has 0 spiro atoms. The Morgan fingerprint density at radius 2 is 1.95 bits per heavy atom. The van der Waals surface area contributed by atoms with Crippen LogP contribution in [0.5, 0.6) is 0 Å². The van der Waals surface area contributed by atoms with Crippen molar-refractivity contribution in [1.82, 2.24) is 9.88 Å². The van der Waals surface area contributed by atoms with Gasteiger partial charge in [-0.15, -0.1) is 0 Å². The summed E-state index contributed by atoms with van der Waals surface area (Å²) < 4.78 is 0. The molecule has 4 heteroatoms. The number of nitrogen functional groups attached to an aromatic ring is 1. The van der Waals surface area contributed by atoms with E-state index in [1.807, 2.05) is 0 Å². The van der Waals surface area contributed by atoms with E-state index in [1.165, 1.54) is 32.1 Å². The number of carbonyl (C=O) groups is 1. The van der Waals surface area contributed by atoms with Crippen LogP contribution in [-0.2, 0) is 0 Å². The summed E-state index contributed by atoms with van der Waals surface area (Å²) >= 11 is 0. The van der Waals surface area contributed by atoms with Gasteiger partial charge in [0.05, 0.1) is 11.9 Å². The third kappa shape index (κ3) is 3.11. The van der Waals surface area contributed by atoms with Gasteiger partial charge in [0, 0.05) is 12.6 Å². The van der Waals surface area contributed by atoms with Crippen molar-refractivity contribution in [3.63, 3.8) is 0 Å². The van der Waals surface area contributed by atoms with Gasteiger partial charge in [-0.05, 0) is 43.7 Å². The monoisotopic (exact) mass is 273 g/mol. The number of nitrogens with zero attached hydrogens (tertiary/aromatic N) is 2. The molecule has 0 aliphatic heterocycles. The molecule has 1 amide bonds. The first-order valence-electron chi connectivity index (χ1n) is 7.76. The molecule has 4 nitrogen and oxygen atoms in total. The summed E-state index contributed by atoms with van der Waals surface area (Å²) in [5, 5.41) is 0. The molecular weight excluding hydrogens is 250 g/mol. The van der Waals surface area contributed by atoms with Gasteiger partial charge in [-0.2, -0.15) is 0 Å². The van der Waals surface area contributed by atoms with Gasteiger partial charge in [0.2, 0.25) is 0 Å². The first kappa shape index (κ1) is 13.4. The maximum Gasteiger partial charge on any atom is 0.272 e. The number of amides is 1. The van der Waals surface area contributed by atoms with E-state index < -0.39 is 0 Å². The van der Waals surface area contributed by atoms with Crippen molar-refractivity contribution in [1.29, 1.82) is 0 Å². The minimum Gasteiger partial charge on any atom is -0.397 e.